The van der Waals surface area contributed by atoms with E-state index in [4.69, 9.17) is 0 Å². The fourth-order valence-corrected chi connectivity index (χ4v) is 0.830. The fraction of sp³-hybridized carbons (Fsp3) is 0.333. The van der Waals surface area contributed by atoms with Gasteiger partial charge in [-0.15, -0.1) is 0 Å². The zero-order valence-corrected chi connectivity index (χ0v) is 4.66. The van der Waals surface area contributed by atoms with E-state index in [1.54, 1.807) is 0 Å². The molecular weight excluding hydrogens is 130 g/mol. The summed E-state index contributed by atoms with van der Waals surface area (Å²) in [5.74, 6) is -0.232. The van der Waals surface area contributed by atoms with Crippen LogP contribution >= 0.6 is 0 Å². The second kappa shape index (κ2) is 1.59. The highest BCUT2D eigenvalue weighted by atomic mass is 32.2. The number of carbonyl (C=O) groups is 1. The molecule has 4 nitrogen and oxygen atoms in total. The molecule has 0 spiro atoms. The van der Waals surface area contributed by atoms with Gasteiger partial charge in [-0.3, -0.25) is 4.79 Å². The lowest BCUT2D eigenvalue weighted by molar-refractivity contribution is -0.120. The molecule has 0 aromatic rings. The molecule has 1 amide bonds. The lowest BCUT2D eigenvalue weighted by Gasteiger charge is -2.11. The molecule has 0 unspecified atom stereocenters. The van der Waals surface area contributed by atoms with E-state index in [0.29, 0.717) is 0 Å². The molecule has 0 radical (unpaired) electrons. The number of nitrogens with one attached hydrogen (secondary N) is 1. The SMILES string of the molecule is O=C1CC(=S(=O)=O)N1. The summed E-state index contributed by atoms with van der Waals surface area (Å²) >= 11 is 0. The Morgan fingerprint density at radius 1 is 1.50 bits per heavy atom. The van der Waals surface area contributed by atoms with Crippen molar-refractivity contribution >= 4 is 21.2 Å². The van der Waals surface area contributed by atoms with Gasteiger partial charge in [-0.05, 0) is 0 Å². The van der Waals surface area contributed by atoms with E-state index in [1.807, 2.05) is 0 Å². The van der Waals surface area contributed by atoms with Gasteiger partial charge in [0.2, 0.25) is 16.2 Å². The third kappa shape index (κ3) is 0.717. The van der Waals surface area contributed by atoms with Crippen LogP contribution in [0.3, 0.4) is 0 Å². The van der Waals surface area contributed by atoms with Crippen LogP contribution in [0.1, 0.15) is 6.42 Å². The Kier molecular flexibility index (Phi) is 1.05. The van der Waals surface area contributed by atoms with Gasteiger partial charge >= 0.3 is 0 Å². The predicted octanol–water partition coefficient (Wildman–Crippen LogP) is -1.48. The minimum atomic E-state index is -2.21. The third-order valence-corrected chi connectivity index (χ3v) is 1.45. The van der Waals surface area contributed by atoms with Gasteiger partial charge in [0.15, 0.2) is 0 Å². The molecule has 0 saturated carbocycles. The summed E-state index contributed by atoms with van der Waals surface area (Å²) in [5.41, 5.74) is 0. The maximum absolute atomic E-state index is 10.0. The summed E-state index contributed by atoms with van der Waals surface area (Å²) in [6, 6.07) is 0. The topological polar surface area (TPSA) is 63.2 Å². The van der Waals surface area contributed by atoms with Crippen LogP contribution in [0.4, 0.5) is 0 Å². The second-order valence-electron chi connectivity index (χ2n) is 1.38. The average molecular weight is 133 g/mol. The zero-order chi connectivity index (χ0) is 6.15. The van der Waals surface area contributed by atoms with Gasteiger partial charge < -0.3 is 5.32 Å². The van der Waals surface area contributed by atoms with E-state index < -0.39 is 10.3 Å². The molecule has 0 aliphatic carbocycles. The van der Waals surface area contributed by atoms with Gasteiger partial charge in [0.25, 0.3) is 0 Å². The summed E-state index contributed by atoms with van der Waals surface area (Å²) in [7, 11) is -2.21. The summed E-state index contributed by atoms with van der Waals surface area (Å²) in [6.07, 6.45) is 0.0378. The smallest absolute Gasteiger partial charge is 0.234 e. The summed E-state index contributed by atoms with van der Waals surface area (Å²) in [5, 5.41) is 2.11. The van der Waals surface area contributed by atoms with Gasteiger partial charge in [0, 0.05) is 0 Å². The Morgan fingerprint density at radius 3 is 2.12 bits per heavy atom. The zero-order valence-electron chi connectivity index (χ0n) is 3.84. The van der Waals surface area contributed by atoms with Crippen molar-refractivity contribution < 1.29 is 13.2 Å². The van der Waals surface area contributed by atoms with Crippen LogP contribution in [0.5, 0.6) is 0 Å². The number of carbonyl (C=O) groups excluding carboxylic acids is 1. The van der Waals surface area contributed by atoms with Crippen LogP contribution in [0, 0.1) is 0 Å². The van der Waals surface area contributed by atoms with Crippen LogP contribution < -0.4 is 5.32 Å². The standard InChI is InChI=1S/C3H3NO3S/c5-2-1-3(4-2)8(6)7/h1H2,(H,4,5). The van der Waals surface area contributed by atoms with E-state index >= 15 is 0 Å². The molecule has 1 rings (SSSR count). The van der Waals surface area contributed by atoms with Crippen molar-refractivity contribution in [1.82, 2.24) is 5.32 Å². The lowest BCUT2D eigenvalue weighted by atomic mass is 10.3. The molecule has 0 aromatic carbocycles. The number of rotatable bonds is 0. The summed E-state index contributed by atoms with van der Waals surface area (Å²) in [6.45, 7) is 0. The first-order valence-corrected chi connectivity index (χ1v) is 3.02. The van der Waals surface area contributed by atoms with Gasteiger partial charge in [-0.25, -0.2) is 0 Å². The van der Waals surface area contributed by atoms with Gasteiger partial charge in [0.05, 0.1) is 6.42 Å². The maximum Gasteiger partial charge on any atom is 0.234 e. The molecule has 1 saturated heterocycles. The highest BCUT2D eigenvalue weighted by molar-refractivity contribution is 7.73. The second-order valence-corrected chi connectivity index (χ2v) is 2.35. The van der Waals surface area contributed by atoms with E-state index in [2.05, 4.69) is 5.32 Å². The van der Waals surface area contributed by atoms with Crippen LogP contribution in [0.25, 0.3) is 0 Å². The number of β-lactam (4-membered cyclic amide) rings is 1. The van der Waals surface area contributed by atoms with Crippen molar-refractivity contribution in [2.24, 2.45) is 0 Å². The third-order valence-electron chi connectivity index (χ3n) is 0.801. The fourth-order valence-electron chi connectivity index (χ4n) is 0.384. The lowest BCUT2D eigenvalue weighted by Crippen LogP contribution is -2.44. The molecule has 44 valence electrons. The Labute approximate surface area is 47.0 Å². The maximum atomic E-state index is 10.0. The number of hydrogen-bond donors (Lipinski definition) is 1. The molecule has 1 fully saturated rings. The van der Waals surface area contributed by atoms with Crippen LogP contribution in [0.2, 0.25) is 0 Å². The van der Waals surface area contributed by atoms with E-state index in [1.165, 1.54) is 0 Å². The van der Waals surface area contributed by atoms with Crippen molar-refractivity contribution in [2.45, 2.75) is 6.42 Å². The molecule has 1 N–H and O–H groups in total. The molecular formula is C3H3NO3S. The summed E-state index contributed by atoms with van der Waals surface area (Å²) < 4.78 is 19.8. The molecule has 0 aromatic heterocycles. The molecule has 0 bridgehead atoms. The van der Waals surface area contributed by atoms with Crippen molar-refractivity contribution in [3.63, 3.8) is 0 Å². The molecule has 5 heteroatoms. The molecule has 1 heterocycles. The van der Waals surface area contributed by atoms with Gasteiger partial charge in [-0.2, -0.15) is 8.42 Å². The van der Waals surface area contributed by atoms with Gasteiger partial charge in [-0.1, -0.05) is 0 Å². The minimum absolute atomic E-state index is 0.0378. The van der Waals surface area contributed by atoms with Crippen LogP contribution in [-0.2, 0) is 15.1 Å². The van der Waals surface area contributed by atoms with Crippen molar-refractivity contribution in [2.75, 3.05) is 0 Å². The average Bonchev–Trinajstić information content (AvgIpc) is 1.57. The monoisotopic (exact) mass is 133 g/mol. The molecule has 1 aliphatic heterocycles. The van der Waals surface area contributed by atoms with Crippen molar-refractivity contribution in [3.05, 3.63) is 0 Å². The molecule has 0 atom stereocenters. The first-order valence-electron chi connectivity index (χ1n) is 1.95. The van der Waals surface area contributed by atoms with E-state index in [9.17, 15) is 13.2 Å². The number of amides is 1. The molecule has 1 aliphatic rings. The molecule has 8 heavy (non-hydrogen) atoms. The normalized spacial score (nSPS) is 17.0. The predicted molar refractivity (Wildman–Crippen MR) is 26.7 cm³/mol. The van der Waals surface area contributed by atoms with Gasteiger partial charge in [0.1, 0.15) is 4.99 Å². The highest BCUT2D eigenvalue weighted by Crippen LogP contribution is 1.91. The van der Waals surface area contributed by atoms with E-state index in [0.717, 1.165) is 0 Å². The van der Waals surface area contributed by atoms with Crippen molar-refractivity contribution in [3.8, 4) is 0 Å². The first kappa shape index (κ1) is 5.30. The van der Waals surface area contributed by atoms with Crippen LogP contribution in [0.15, 0.2) is 0 Å². The Hall–Kier alpha value is -0.840. The summed E-state index contributed by atoms with van der Waals surface area (Å²) in [4.78, 5) is 10.1. The quantitative estimate of drug-likeness (QED) is 0.323. The Balaban J connectivity index is 2.87. The minimum Gasteiger partial charge on any atom is -0.316 e. The van der Waals surface area contributed by atoms with Crippen LogP contribution in [-0.4, -0.2) is 19.3 Å². The highest BCUT2D eigenvalue weighted by Gasteiger charge is 2.20. The first-order chi connectivity index (χ1) is 3.70. The van der Waals surface area contributed by atoms with E-state index in [-0.39, 0.29) is 17.3 Å². The number of hydrogen-bond acceptors (Lipinski definition) is 3. The largest absolute Gasteiger partial charge is 0.316 e. The Bertz CT molecular complexity index is 232. The van der Waals surface area contributed by atoms with Crippen molar-refractivity contribution in [1.29, 1.82) is 0 Å². The Morgan fingerprint density at radius 2 is 2.00 bits per heavy atom.